The zero-order valence-electron chi connectivity index (χ0n) is 16.2. The zero-order valence-corrected chi connectivity index (χ0v) is 17.8. The van der Waals surface area contributed by atoms with Gasteiger partial charge in [-0.1, -0.05) is 35.7 Å². The van der Waals surface area contributed by atoms with Crippen molar-refractivity contribution in [1.29, 1.82) is 0 Å². The van der Waals surface area contributed by atoms with E-state index in [9.17, 15) is 4.39 Å². The van der Waals surface area contributed by atoms with Crippen LogP contribution in [0.2, 0.25) is 0 Å². The molecule has 0 heterocycles. The predicted octanol–water partition coefficient (Wildman–Crippen LogP) is 8.01. The minimum absolute atomic E-state index is 0.0485. The molecule has 0 N–H and O–H groups in total. The molecule has 0 amide bonds. The van der Waals surface area contributed by atoms with Crippen LogP contribution in [0.4, 0.5) is 8.78 Å². The third-order valence-corrected chi connectivity index (χ3v) is 11.2. The molecule has 0 aromatic carbocycles. The summed E-state index contributed by atoms with van der Waals surface area (Å²) in [5, 5.41) is 0. The summed E-state index contributed by atoms with van der Waals surface area (Å²) in [6.45, 7) is 2.40. The quantitative estimate of drug-likeness (QED) is 0.392. The molecule has 0 unspecified atom stereocenters. The van der Waals surface area contributed by atoms with Crippen LogP contribution in [0.25, 0.3) is 0 Å². The lowest BCUT2D eigenvalue weighted by Gasteiger charge is -2.66. The number of halogens is 3. The summed E-state index contributed by atoms with van der Waals surface area (Å²) in [6.07, 6.45) is 16.2. The molecule has 0 aliphatic heterocycles. The Morgan fingerprint density at radius 2 is 1.27 bits per heavy atom. The maximum atomic E-state index is 15.4. The lowest BCUT2D eigenvalue weighted by Crippen LogP contribution is -2.58. The molecule has 0 saturated heterocycles. The smallest absolute Gasteiger partial charge is 0.149 e. The van der Waals surface area contributed by atoms with Crippen LogP contribution in [0.1, 0.15) is 96.8 Å². The van der Waals surface area contributed by atoms with Crippen molar-refractivity contribution in [2.45, 2.75) is 101 Å². The molecule has 0 radical (unpaired) electrons. The van der Waals surface area contributed by atoms with Crippen molar-refractivity contribution in [3.05, 3.63) is 11.7 Å². The first kappa shape index (κ1) is 18.1. The molecule has 0 spiro atoms. The van der Waals surface area contributed by atoms with Crippen LogP contribution in [-0.4, -0.2) is 4.32 Å². The Labute approximate surface area is 165 Å². The molecule has 0 atom stereocenters. The van der Waals surface area contributed by atoms with Gasteiger partial charge in [-0.25, -0.2) is 8.78 Å². The lowest BCUT2D eigenvalue weighted by molar-refractivity contribution is -0.137. The minimum atomic E-state index is -0.679. The number of allylic oxidation sites excluding steroid dienone is 2. The van der Waals surface area contributed by atoms with E-state index in [0.29, 0.717) is 5.41 Å². The monoisotopic (exact) mass is 426 g/mol. The molecule has 5 saturated carbocycles. The van der Waals surface area contributed by atoms with E-state index in [4.69, 9.17) is 0 Å². The van der Waals surface area contributed by atoms with E-state index in [1.54, 1.807) is 0 Å². The van der Waals surface area contributed by atoms with E-state index < -0.39 is 15.6 Å². The average Bonchev–Trinajstić information content (AvgIpc) is 2.68. The summed E-state index contributed by atoms with van der Waals surface area (Å²) in [5.74, 6) is 1.00. The van der Waals surface area contributed by atoms with Crippen LogP contribution >= 0.6 is 15.9 Å². The average molecular weight is 427 g/mol. The maximum absolute atomic E-state index is 15.4. The Kier molecular flexibility index (Phi) is 4.04. The van der Waals surface area contributed by atoms with Crippen LogP contribution < -0.4 is 0 Å². The lowest BCUT2D eigenvalue weighted by atomic mass is 9.39. The third-order valence-electron chi connectivity index (χ3n) is 10.1. The fourth-order valence-electron chi connectivity index (χ4n) is 8.10. The van der Waals surface area contributed by atoms with E-state index in [1.165, 1.54) is 44.9 Å². The number of alkyl halides is 1. The van der Waals surface area contributed by atoms with E-state index in [0.717, 1.165) is 56.8 Å². The molecular formula is C23H33BrF2. The van der Waals surface area contributed by atoms with Gasteiger partial charge < -0.3 is 0 Å². The van der Waals surface area contributed by atoms with Gasteiger partial charge in [0.05, 0.1) is 4.32 Å². The third kappa shape index (κ3) is 2.22. The molecule has 0 aromatic heterocycles. The van der Waals surface area contributed by atoms with Gasteiger partial charge in [0.1, 0.15) is 11.7 Å². The van der Waals surface area contributed by atoms with Crippen LogP contribution in [0.3, 0.4) is 0 Å². The van der Waals surface area contributed by atoms with Crippen molar-refractivity contribution in [1.82, 2.24) is 0 Å². The first-order chi connectivity index (χ1) is 12.3. The first-order valence-electron chi connectivity index (χ1n) is 11.1. The molecule has 4 bridgehead atoms. The second-order valence-electron chi connectivity index (χ2n) is 10.8. The van der Waals surface area contributed by atoms with Gasteiger partial charge in [-0.3, -0.25) is 0 Å². The Morgan fingerprint density at radius 3 is 1.81 bits per heavy atom. The second-order valence-corrected chi connectivity index (χ2v) is 12.3. The summed E-state index contributed by atoms with van der Waals surface area (Å²) in [6, 6.07) is 0. The van der Waals surface area contributed by atoms with E-state index >= 15 is 4.39 Å². The van der Waals surface area contributed by atoms with Gasteiger partial charge in [-0.05, 0) is 99.7 Å². The normalized spacial score (nSPS) is 54.0. The van der Waals surface area contributed by atoms with Crippen LogP contribution in [0.15, 0.2) is 11.7 Å². The Bertz CT molecular complexity index is 596. The largest absolute Gasteiger partial charge is 0.208 e. The van der Waals surface area contributed by atoms with Crippen molar-refractivity contribution in [3.8, 4) is 0 Å². The minimum Gasteiger partial charge on any atom is -0.208 e. The molecule has 7 aliphatic carbocycles. The number of hydrogen-bond donors (Lipinski definition) is 0. The van der Waals surface area contributed by atoms with Gasteiger partial charge in [0.25, 0.3) is 0 Å². The van der Waals surface area contributed by atoms with E-state index in [1.807, 2.05) is 0 Å². The van der Waals surface area contributed by atoms with Gasteiger partial charge in [-0.15, -0.1) is 0 Å². The van der Waals surface area contributed by atoms with E-state index in [-0.39, 0.29) is 11.2 Å². The van der Waals surface area contributed by atoms with Crippen LogP contribution in [-0.2, 0) is 0 Å². The highest BCUT2D eigenvalue weighted by atomic mass is 79.9. The van der Waals surface area contributed by atoms with Crippen molar-refractivity contribution in [2.24, 2.45) is 28.1 Å². The van der Waals surface area contributed by atoms with Gasteiger partial charge in [0.2, 0.25) is 0 Å². The molecule has 7 rings (SSSR count). The highest BCUT2D eigenvalue weighted by molar-refractivity contribution is 9.10. The fourth-order valence-corrected chi connectivity index (χ4v) is 8.67. The van der Waals surface area contributed by atoms with Gasteiger partial charge >= 0.3 is 0 Å². The van der Waals surface area contributed by atoms with E-state index in [2.05, 4.69) is 22.9 Å². The molecule has 146 valence electrons. The summed E-state index contributed by atoms with van der Waals surface area (Å²) < 4.78 is 29.5. The van der Waals surface area contributed by atoms with Crippen LogP contribution in [0.5, 0.6) is 0 Å². The molecule has 0 nitrogen and oxygen atoms in total. The molecular weight excluding hydrogens is 394 g/mol. The zero-order chi connectivity index (χ0) is 18.2. The van der Waals surface area contributed by atoms with Crippen molar-refractivity contribution >= 4 is 15.9 Å². The van der Waals surface area contributed by atoms with Gasteiger partial charge in [0, 0.05) is 5.41 Å². The predicted molar refractivity (Wildman–Crippen MR) is 105 cm³/mol. The summed E-state index contributed by atoms with van der Waals surface area (Å²) in [5.41, 5.74) is 0.118. The topological polar surface area (TPSA) is 0 Å². The second kappa shape index (κ2) is 5.80. The highest BCUT2D eigenvalue weighted by Crippen LogP contribution is 2.74. The number of hydrogen-bond acceptors (Lipinski definition) is 0. The van der Waals surface area contributed by atoms with Crippen molar-refractivity contribution in [3.63, 3.8) is 0 Å². The molecule has 26 heavy (non-hydrogen) atoms. The summed E-state index contributed by atoms with van der Waals surface area (Å²) in [7, 11) is 0. The van der Waals surface area contributed by atoms with Crippen LogP contribution in [0, 0.1) is 28.1 Å². The standard InChI is InChI=1S/C23H33BrF2/c1-16-2-4-17(5-3-16)20-6-9-21(10-7-20,11-8-20)22-12-14-23(24,15-13-22)19(26)18(22)25/h16-17H,2-15H2,1H3. The molecule has 0 aromatic rings. The molecule has 5 fully saturated rings. The molecule has 3 heteroatoms. The SMILES string of the molecule is CC1CCC(C23CCC(C45CCC(Br)(CC4)C(F)=C5F)(CC2)CC3)CC1. The summed E-state index contributed by atoms with van der Waals surface area (Å²) in [4.78, 5) is 0. The Hall–Kier alpha value is 0.0800. The molecule has 7 aliphatic rings. The van der Waals surface area contributed by atoms with Gasteiger partial charge in [0.15, 0.2) is 0 Å². The van der Waals surface area contributed by atoms with Crippen molar-refractivity contribution in [2.75, 3.05) is 0 Å². The van der Waals surface area contributed by atoms with Crippen molar-refractivity contribution < 1.29 is 8.78 Å². The highest BCUT2D eigenvalue weighted by Gasteiger charge is 2.66. The summed E-state index contributed by atoms with van der Waals surface area (Å²) >= 11 is 3.53. The maximum Gasteiger partial charge on any atom is 0.149 e. The Balaban J connectivity index is 1.41. The van der Waals surface area contributed by atoms with Gasteiger partial charge in [-0.2, -0.15) is 0 Å². The fraction of sp³-hybridized carbons (Fsp3) is 0.913. The number of fused-ring (bicyclic) bond motifs is 5. The number of rotatable bonds is 2. The first-order valence-corrected chi connectivity index (χ1v) is 11.9. The Morgan fingerprint density at radius 1 is 0.731 bits per heavy atom.